The van der Waals surface area contributed by atoms with Crippen LogP contribution in [0.15, 0.2) is 28.4 Å². The molecule has 2 rings (SSSR count). The number of hydrogen-bond donors (Lipinski definition) is 1. The fraction of sp³-hybridized carbons (Fsp3) is 0.400. The molecule has 6 nitrogen and oxygen atoms in total. The van der Waals surface area contributed by atoms with Gasteiger partial charge in [0.2, 0.25) is 0 Å². The Labute approximate surface area is 136 Å². The second kappa shape index (κ2) is 6.08. The first-order valence-electron chi connectivity index (χ1n) is 6.74. The molecule has 0 saturated carbocycles. The fourth-order valence-electron chi connectivity index (χ4n) is 2.54. The Balaban J connectivity index is 2.41. The Morgan fingerprint density at radius 3 is 2.59 bits per heavy atom. The van der Waals surface area contributed by atoms with Gasteiger partial charge in [-0.1, -0.05) is 13.8 Å². The predicted molar refractivity (Wildman–Crippen MR) is 87.1 cm³/mol. The van der Waals surface area contributed by atoms with Crippen molar-refractivity contribution in [1.82, 2.24) is 0 Å². The summed E-state index contributed by atoms with van der Waals surface area (Å²) in [6.07, 6.45) is 2.64. The maximum Gasteiger partial charge on any atom is 0.297 e. The topological polar surface area (TPSA) is 81.5 Å². The number of carbonyl (C=O) groups is 1. The van der Waals surface area contributed by atoms with Crippen LogP contribution >= 0.6 is 15.9 Å². The molecular formula is C15H17BrN2O4. The molecule has 0 fully saturated rings. The molecule has 22 heavy (non-hydrogen) atoms. The number of methoxy groups -OCH3 is 1. The molecule has 0 radical (unpaired) electrons. The van der Waals surface area contributed by atoms with E-state index < -0.39 is 4.92 Å². The number of anilines is 1. The van der Waals surface area contributed by atoms with Crippen LogP contribution in [-0.2, 0) is 4.79 Å². The molecule has 0 unspecified atom stereocenters. The van der Waals surface area contributed by atoms with Crippen molar-refractivity contribution in [3.8, 4) is 5.75 Å². The summed E-state index contributed by atoms with van der Waals surface area (Å²) < 4.78 is 5.56. The standard InChI is InChI=1S/C15H17BrN2O4/c1-15(2)7-9(4-10(19)8-15)17-14-12(16)5-11(22-3)6-13(14)18(20)21/h4-6,17H,7-8H2,1-3H3. The lowest BCUT2D eigenvalue weighted by atomic mass is 9.79. The Morgan fingerprint density at radius 1 is 1.36 bits per heavy atom. The monoisotopic (exact) mass is 368 g/mol. The van der Waals surface area contributed by atoms with Crippen molar-refractivity contribution in [2.24, 2.45) is 5.41 Å². The molecule has 1 aliphatic rings. The molecule has 118 valence electrons. The van der Waals surface area contributed by atoms with Gasteiger partial charge < -0.3 is 10.1 Å². The second-order valence-corrected chi connectivity index (χ2v) is 6.89. The van der Waals surface area contributed by atoms with Gasteiger partial charge in [0, 0.05) is 18.2 Å². The first-order chi connectivity index (χ1) is 10.2. The fourth-order valence-corrected chi connectivity index (χ4v) is 3.07. The van der Waals surface area contributed by atoms with E-state index in [1.54, 1.807) is 6.07 Å². The number of halogens is 1. The van der Waals surface area contributed by atoms with E-state index in [0.717, 1.165) is 0 Å². The number of benzene rings is 1. The van der Waals surface area contributed by atoms with Crippen molar-refractivity contribution in [2.45, 2.75) is 26.7 Å². The smallest absolute Gasteiger partial charge is 0.297 e. The number of hydrogen-bond acceptors (Lipinski definition) is 5. The van der Waals surface area contributed by atoms with Crippen molar-refractivity contribution in [1.29, 1.82) is 0 Å². The Hall–Kier alpha value is -1.89. The normalized spacial score (nSPS) is 16.9. The molecule has 0 aromatic heterocycles. The average molecular weight is 369 g/mol. The zero-order chi connectivity index (χ0) is 16.5. The van der Waals surface area contributed by atoms with Crippen molar-refractivity contribution < 1.29 is 14.5 Å². The van der Waals surface area contributed by atoms with Crippen molar-refractivity contribution >= 4 is 33.1 Å². The lowest BCUT2D eigenvalue weighted by molar-refractivity contribution is -0.384. The molecule has 1 aromatic carbocycles. The van der Waals surface area contributed by atoms with Crippen LogP contribution in [0.3, 0.4) is 0 Å². The summed E-state index contributed by atoms with van der Waals surface area (Å²) in [4.78, 5) is 22.6. The summed E-state index contributed by atoms with van der Waals surface area (Å²) in [6, 6.07) is 3.00. The number of nitro groups is 1. The van der Waals surface area contributed by atoms with Crippen LogP contribution in [0.5, 0.6) is 5.75 Å². The van der Waals surface area contributed by atoms with Gasteiger partial charge in [-0.15, -0.1) is 0 Å². The summed E-state index contributed by atoms with van der Waals surface area (Å²) in [5.41, 5.74) is 0.725. The number of rotatable bonds is 4. The molecule has 0 saturated heterocycles. The van der Waals surface area contributed by atoms with Gasteiger partial charge in [-0.2, -0.15) is 0 Å². The first-order valence-corrected chi connectivity index (χ1v) is 7.53. The largest absolute Gasteiger partial charge is 0.496 e. The lowest BCUT2D eigenvalue weighted by Crippen LogP contribution is -2.24. The number of ether oxygens (including phenoxy) is 1. The van der Waals surface area contributed by atoms with Gasteiger partial charge in [0.1, 0.15) is 11.4 Å². The van der Waals surface area contributed by atoms with Crippen LogP contribution in [0.2, 0.25) is 0 Å². The minimum atomic E-state index is -0.480. The van der Waals surface area contributed by atoms with Crippen LogP contribution in [0.4, 0.5) is 11.4 Å². The predicted octanol–water partition coefficient (Wildman–Crippen LogP) is 4.05. The number of ketones is 1. The molecule has 7 heteroatoms. The van der Waals surface area contributed by atoms with Gasteiger partial charge in [-0.3, -0.25) is 14.9 Å². The van der Waals surface area contributed by atoms with Crippen molar-refractivity contribution in [3.05, 3.63) is 38.5 Å². The summed E-state index contributed by atoms with van der Waals surface area (Å²) in [5.74, 6) is 0.407. The number of nitrogens with one attached hydrogen (secondary N) is 1. The number of nitro benzene ring substituents is 1. The minimum Gasteiger partial charge on any atom is -0.496 e. The number of carbonyl (C=O) groups excluding carboxylic acids is 1. The van der Waals surface area contributed by atoms with Crippen LogP contribution < -0.4 is 10.1 Å². The minimum absolute atomic E-state index is 0.0195. The summed E-state index contributed by atoms with van der Waals surface area (Å²) in [5, 5.41) is 14.3. The SMILES string of the molecule is COc1cc(Br)c(NC2=CC(=O)CC(C)(C)C2)c([N+](=O)[O-])c1. The van der Waals surface area contributed by atoms with Crippen LogP contribution in [-0.4, -0.2) is 17.8 Å². The Kier molecular flexibility index (Phi) is 4.55. The third-order valence-corrected chi connectivity index (χ3v) is 4.04. The van der Waals surface area contributed by atoms with E-state index >= 15 is 0 Å². The molecule has 0 amide bonds. The van der Waals surface area contributed by atoms with Gasteiger partial charge in [0.05, 0.1) is 22.6 Å². The average Bonchev–Trinajstić information content (AvgIpc) is 2.38. The van der Waals surface area contributed by atoms with Crippen LogP contribution in [0.25, 0.3) is 0 Å². The van der Waals surface area contributed by atoms with E-state index in [0.29, 0.717) is 34.4 Å². The molecule has 1 aliphatic carbocycles. The van der Waals surface area contributed by atoms with E-state index in [9.17, 15) is 14.9 Å². The molecule has 0 spiro atoms. The molecular weight excluding hydrogens is 352 g/mol. The molecule has 0 heterocycles. The highest BCUT2D eigenvalue weighted by Gasteiger charge is 2.29. The molecule has 1 aromatic rings. The summed E-state index contributed by atoms with van der Waals surface area (Å²) in [7, 11) is 1.45. The zero-order valence-electron chi connectivity index (χ0n) is 12.6. The highest BCUT2D eigenvalue weighted by atomic mass is 79.9. The Morgan fingerprint density at radius 2 is 2.05 bits per heavy atom. The van der Waals surface area contributed by atoms with Crippen molar-refractivity contribution in [3.63, 3.8) is 0 Å². The molecule has 1 N–H and O–H groups in total. The second-order valence-electron chi connectivity index (χ2n) is 6.04. The molecule has 0 aliphatic heterocycles. The summed E-state index contributed by atoms with van der Waals surface area (Å²) >= 11 is 3.32. The number of allylic oxidation sites excluding steroid dienone is 2. The van der Waals surface area contributed by atoms with Crippen LogP contribution in [0, 0.1) is 15.5 Å². The third kappa shape index (κ3) is 3.65. The van der Waals surface area contributed by atoms with E-state index in [1.165, 1.54) is 19.3 Å². The van der Waals surface area contributed by atoms with Crippen LogP contribution in [0.1, 0.15) is 26.7 Å². The third-order valence-electron chi connectivity index (χ3n) is 3.42. The first kappa shape index (κ1) is 16.5. The zero-order valence-corrected chi connectivity index (χ0v) is 14.2. The van der Waals surface area contributed by atoms with Gasteiger partial charge in [0.15, 0.2) is 5.78 Å². The van der Waals surface area contributed by atoms with Gasteiger partial charge in [-0.05, 0) is 33.8 Å². The maximum absolute atomic E-state index is 11.8. The quantitative estimate of drug-likeness (QED) is 0.640. The van der Waals surface area contributed by atoms with E-state index in [2.05, 4.69) is 21.2 Å². The van der Waals surface area contributed by atoms with Crippen molar-refractivity contribution in [2.75, 3.05) is 12.4 Å². The highest BCUT2D eigenvalue weighted by molar-refractivity contribution is 9.10. The highest BCUT2D eigenvalue weighted by Crippen LogP contribution is 2.40. The van der Waals surface area contributed by atoms with Gasteiger partial charge in [0.25, 0.3) is 5.69 Å². The van der Waals surface area contributed by atoms with Gasteiger partial charge >= 0.3 is 0 Å². The van der Waals surface area contributed by atoms with E-state index in [-0.39, 0.29) is 16.9 Å². The van der Waals surface area contributed by atoms with E-state index in [4.69, 9.17) is 4.74 Å². The maximum atomic E-state index is 11.8. The molecule has 0 atom stereocenters. The van der Waals surface area contributed by atoms with E-state index in [1.807, 2.05) is 13.8 Å². The number of nitrogens with zero attached hydrogens (tertiary/aromatic N) is 1. The Bertz CT molecular complexity index is 668. The lowest BCUT2D eigenvalue weighted by Gasteiger charge is -2.29. The molecule has 0 bridgehead atoms. The summed E-state index contributed by atoms with van der Waals surface area (Å²) in [6.45, 7) is 3.99. The van der Waals surface area contributed by atoms with Gasteiger partial charge in [-0.25, -0.2) is 0 Å².